The third kappa shape index (κ3) is 7.94. The number of nitriles is 1. The van der Waals surface area contributed by atoms with Crippen molar-refractivity contribution in [3.05, 3.63) is 122 Å². The largest absolute Gasteiger partial charge is 0.307 e. The fourth-order valence-corrected chi connectivity index (χ4v) is 6.23. The molecule has 0 saturated carbocycles. The monoisotopic (exact) mass is 591 g/mol. The lowest BCUT2D eigenvalue weighted by Gasteiger charge is -2.29. The molecule has 0 atom stereocenters. The smallest absolute Gasteiger partial charge is 0.101 e. The number of hydrogen-bond acceptors (Lipinski definition) is 3. The van der Waals surface area contributed by atoms with Gasteiger partial charge in [0.1, 0.15) is 6.07 Å². The van der Waals surface area contributed by atoms with Gasteiger partial charge < -0.3 is 5.32 Å². The molecule has 4 heteroatoms. The van der Waals surface area contributed by atoms with Crippen LogP contribution in [0.3, 0.4) is 0 Å². The van der Waals surface area contributed by atoms with Crippen molar-refractivity contribution in [1.29, 1.82) is 5.26 Å². The number of rotatable bonds is 13. The van der Waals surface area contributed by atoms with E-state index in [2.05, 4.69) is 106 Å². The van der Waals surface area contributed by atoms with Crippen LogP contribution in [-0.2, 0) is 38.6 Å². The minimum absolute atomic E-state index is 0.0883. The maximum atomic E-state index is 9.33. The molecule has 4 aromatic rings. The topological polar surface area (TPSA) is 48.7 Å². The van der Waals surface area contributed by atoms with E-state index >= 15 is 0 Å². The van der Waals surface area contributed by atoms with Crippen LogP contribution in [0.1, 0.15) is 90.6 Å². The van der Waals surface area contributed by atoms with E-state index in [0.29, 0.717) is 5.56 Å². The summed E-state index contributed by atoms with van der Waals surface area (Å²) in [6, 6.07) is 22.0. The summed E-state index contributed by atoms with van der Waals surface area (Å²) in [5.74, 6) is 0. The number of nitrogens with zero attached hydrogens (tertiary/aromatic N) is 2. The standard InChI is InChI=1S/C39H46ClN3/c1-7-31-12-10-14-36(27(31)4)37-15-11-13-32(28(37)5)18-19-34-21-33(17-16-29-20-30(23-41)25-42-24-29)35(22-38(34)40)26-43-39(6,8-2)9-3/h10-15,20-22,24-25,43H,7-9,16-19,26H2,1-6H3. The summed E-state index contributed by atoms with van der Waals surface area (Å²) < 4.78 is 0. The maximum Gasteiger partial charge on any atom is 0.101 e. The van der Waals surface area contributed by atoms with Crippen LogP contribution >= 0.6 is 11.6 Å². The molecule has 1 N–H and O–H groups in total. The van der Waals surface area contributed by atoms with Crippen LogP contribution in [0.25, 0.3) is 11.1 Å². The third-order valence-electron chi connectivity index (χ3n) is 9.47. The molecule has 0 saturated heterocycles. The van der Waals surface area contributed by atoms with Gasteiger partial charge in [0.05, 0.1) is 5.56 Å². The van der Waals surface area contributed by atoms with Crippen molar-refractivity contribution >= 4 is 11.6 Å². The van der Waals surface area contributed by atoms with Gasteiger partial charge in [-0.25, -0.2) is 0 Å². The molecule has 3 nitrogen and oxygen atoms in total. The van der Waals surface area contributed by atoms with Crippen molar-refractivity contribution < 1.29 is 0 Å². The lowest BCUT2D eigenvalue weighted by molar-refractivity contribution is 0.329. The number of aromatic nitrogens is 1. The van der Waals surface area contributed by atoms with E-state index in [1.54, 1.807) is 6.20 Å². The van der Waals surface area contributed by atoms with Crippen molar-refractivity contribution in [1.82, 2.24) is 10.3 Å². The molecule has 0 aliphatic carbocycles. The summed E-state index contributed by atoms with van der Waals surface area (Å²) in [5, 5.41) is 14.0. The molecule has 0 aliphatic heterocycles. The van der Waals surface area contributed by atoms with E-state index in [9.17, 15) is 5.26 Å². The normalized spacial score (nSPS) is 11.5. The van der Waals surface area contributed by atoms with Gasteiger partial charge in [-0.3, -0.25) is 4.98 Å². The Morgan fingerprint density at radius 3 is 2.05 bits per heavy atom. The number of pyridine rings is 1. The minimum Gasteiger partial charge on any atom is -0.307 e. The van der Waals surface area contributed by atoms with E-state index < -0.39 is 0 Å². The summed E-state index contributed by atoms with van der Waals surface area (Å²) in [4.78, 5) is 4.27. The first-order valence-corrected chi connectivity index (χ1v) is 16.2. The Morgan fingerprint density at radius 1 is 0.767 bits per heavy atom. The molecule has 0 bridgehead atoms. The van der Waals surface area contributed by atoms with E-state index in [0.717, 1.165) is 62.1 Å². The Kier molecular flexibility index (Phi) is 11.2. The fraction of sp³-hybridized carbons (Fsp3) is 0.385. The van der Waals surface area contributed by atoms with Crippen LogP contribution in [0, 0.1) is 25.2 Å². The second kappa shape index (κ2) is 14.8. The van der Waals surface area contributed by atoms with Crippen LogP contribution < -0.4 is 5.32 Å². The molecule has 0 aliphatic rings. The van der Waals surface area contributed by atoms with Crippen molar-refractivity contribution in [2.75, 3.05) is 0 Å². The first-order chi connectivity index (χ1) is 20.7. The quantitative estimate of drug-likeness (QED) is 0.168. The number of aryl methyl sites for hydroxylation is 5. The van der Waals surface area contributed by atoms with Gasteiger partial charge in [0.15, 0.2) is 0 Å². The van der Waals surface area contributed by atoms with E-state index in [1.165, 1.54) is 50.1 Å². The lowest BCUT2D eigenvalue weighted by atomic mass is 9.89. The zero-order valence-corrected chi connectivity index (χ0v) is 27.5. The van der Waals surface area contributed by atoms with Crippen LogP contribution in [0.2, 0.25) is 5.02 Å². The molecule has 0 radical (unpaired) electrons. The number of halogens is 1. The van der Waals surface area contributed by atoms with Gasteiger partial charge in [0.2, 0.25) is 0 Å². The highest BCUT2D eigenvalue weighted by molar-refractivity contribution is 6.31. The summed E-state index contributed by atoms with van der Waals surface area (Å²) in [6.45, 7) is 14.3. The molecule has 3 aromatic carbocycles. The number of nitrogens with one attached hydrogen (secondary N) is 1. The lowest BCUT2D eigenvalue weighted by Crippen LogP contribution is -2.40. The zero-order chi connectivity index (χ0) is 31.0. The molecule has 43 heavy (non-hydrogen) atoms. The average Bonchev–Trinajstić information content (AvgIpc) is 3.03. The summed E-state index contributed by atoms with van der Waals surface area (Å²) in [7, 11) is 0. The molecule has 0 fully saturated rings. The van der Waals surface area contributed by atoms with Crippen molar-refractivity contribution in [3.63, 3.8) is 0 Å². The summed E-state index contributed by atoms with van der Waals surface area (Å²) >= 11 is 6.99. The second-order valence-electron chi connectivity index (χ2n) is 12.1. The predicted molar refractivity (Wildman–Crippen MR) is 182 cm³/mol. The van der Waals surface area contributed by atoms with Gasteiger partial charge in [0, 0.05) is 29.5 Å². The highest BCUT2D eigenvalue weighted by Crippen LogP contribution is 2.32. The van der Waals surface area contributed by atoms with Gasteiger partial charge >= 0.3 is 0 Å². The fourth-order valence-electron chi connectivity index (χ4n) is 5.95. The van der Waals surface area contributed by atoms with E-state index in [1.807, 2.05) is 12.3 Å². The highest BCUT2D eigenvalue weighted by atomic mass is 35.5. The minimum atomic E-state index is 0.0883. The van der Waals surface area contributed by atoms with Gasteiger partial charge in [-0.05, 0) is 133 Å². The Labute approximate surface area is 264 Å². The van der Waals surface area contributed by atoms with Gasteiger partial charge in [-0.2, -0.15) is 5.26 Å². The second-order valence-corrected chi connectivity index (χ2v) is 12.5. The Hall–Kier alpha value is -3.45. The van der Waals surface area contributed by atoms with Crippen molar-refractivity contribution in [2.45, 2.75) is 98.6 Å². The Morgan fingerprint density at radius 2 is 1.40 bits per heavy atom. The predicted octanol–water partition coefficient (Wildman–Crippen LogP) is 9.69. The first-order valence-electron chi connectivity index (χ1n) is 15.8. The molecule has 0 spiro atoms. The molecule has 1 heterocycles. The molecule has 4 rings (SSSR count). The van der Waals surface area contributed by atoms with Gasteiger partial charge in [-0.1, -0.05) is 74.8 Å². The average molecular weight is 592 g/mol. The molecular weight excluding hydrogens is 546 g/mol. The summed E-state index contributed by atoms with van der Waals surface area (Å²) in [6.07, 6.45) is 10.2. The highest BCUT2D eigenvalue weighted by Gasteiger charge is 2.20. The molecule has 0 unspecified atom stereocenters. The van der Waals surface area contributed by atoms with E-state index in [4.69, 9.17) is 11.6 Å². The number of benzene rings is 3. The maximum absolute atomic E-state index is 9.33. The van der Waals surface area contributed by atoms with Crippen LogP contribution in [-0.4, -0.2) is 10.5 Å². The first kappa shape index (κ1) is 32.5. The Bertz CT molecular complexity index is 1590. The molecular formula is C39H46ClN3. The van der Waals surface area contributed by atoms with E-state index in [-0.39, 0.29) is 5.54 Å². The third-order valence-corrected chi connectivity index (χ3v) is 9.82. The zero-order valence-electron chi connectivity index (χ0n) is 26.8. The van der Waals surface area contributed by atoms with Crippen LogP contribution in [0.15, 0.2) is 67.0 Å². The van der Waals surface area contributed by atoms with Crippen molar-refractivity contribution in [2.24, 2.45) is 0 Å². The van der Waals surface area contributed by atoms with Crippen molar-refractivity contribution in [3.8, 4) is 17.2 Å². The van der Waals surface area contributed by atoms with Gasteiger partial charge in [0.25, 0.3) is 0 Å². The molecule has 1 aromatic heterocycles. The SMILES string of the molecule is CCc1cccc(-c2cccc(CCc3cc(CCc4cncc(C#N)c4)c(CNC(C)(CC)CC)cc3Cl)c2C)c1C. The van der Waals surface area contributed by atoms with Crippen LogP contribution in [0.5, 0.6) is 0 Å². The number of hydrogen-bond donors (Lipinski definition) is 1. The molecule has 224 valence electrons. The Balaban J connectivity index is 1.61. The van der Waals surface area contributed by atoms with Crippen LogP contribution in [0.4, 0.5) is 0 Å². The summed E-state index contributed by atoms with van der Waals surface area (Å²) in [5.41, 5.74) is 13.7. The van der Waals surface area contributed by atoms with Gasteiger partial charge in [-0.15, -0.1) is 0 Å². The molecule has 0 amide bonds.